The summed E-state index contributed by atoms with van der Waals surface area (Å²) in [5.41, 5.74) is 5.24. The first-order valence-corrected chi connectivity index (χ1v) is 14.6. The molecular weight excluding hydrogens is 736 g/mol. The molecule has 2 heterocycles. The van der Waals surface area contributed by atoms with Crippen LogP contribution in [0.2, 0.25) is 0 Å². The number of thioether (sulfide) groups is 1. The van der Waals surface area contributed by atoms with Gasteiger partial charge in [0.2, 0.25) is 23.4 Å². The van der Waals surface area contributed by atoms with Gasteiger partial charge in [0, 0.05) is 12.7 Å². The molecule has 3 amide bonds. The van der Waals surface area contributed by atoms with Gasteiger partial charge in [0.25, 0.3) is 0 Å². The maximum Gasteiger partial charge on any atom is 0.352 e. The summed E-state index contributed by atoms with van der Waals surface area (Å²) in [6, 6.07) is 12.9. The predicted molar refractivity (Wildman–Crippen MR) is 160 cm³/mol. The summed E-state index contributed by atoms with van der Waals surface area (Å²) in [6.45, 7) is 3.01. The van der Waals surface area contributed by atoms with Crippen molar-refractivity contribution in [1.29, 1.82) is 0 Å². The summed E-state index contributed by atoms with van der Waals surface area (Å²) in [7, 11) is 0. The number of hydrogen-bond acceptors (Lipinski definition) is 6. The number of amides is 3. The number of carbonyl (C=O) groups excluding carboxylic acids is 3. The van der Waals surface area contributed by atoms with E-state index in [1.54, 1.807) is 44.2 Å². The fraction of sp³-hybridized carbons (Fsp3) is 0.320. The SMILES string of the molecule is CC1(C)S[C@@H]2CC(=O)N2[C@@]1(NC(=O)C(NC(=O)CN=C(N)c1cc(I)cc(I)c1)c1ccccc1)C(=O)O. The van der Waals surface area contributed by atoms with Crippen LogP contribution >= 0.6 is 56.9 Å². The van der Waals surface area contributed by atoms with Crippen LogP contribution in [0.5, 0.6) is 0 Å². The number of hydrogen-bond donors (Lipinski definition) is 4. The Balaban J connectivity index is 1.58. The summed E-state index contributed by atoms with van der Waals surface area (Å²) in [5, 5.41) is 15.2. The number of carbonyl (C=O) groups is 4. The van der Waals surface area contributed by atoms with Gasteiger partial charge < -0.3 is 21.5 Å². The average Bonchev–Trinajstić information content (AvgIpc) is 3.02. The molecule has 2 aliphatic rings. The standard InChI is InChI=1S/C25H25I2N5O5S/c1-24(2)25(23(36)37,32-18(34)11-19(32)38-24)31-22(35)20(13-6-4-3-5-7-13)30-17(33)12-29-21(28)14-8-15(26)10-16(27)9-14/h3-10,19-20H,11-12H2,1-2H3,(H2,28,29)(H,30,33)(H,31,35)(H,36,37)/t19-,20?,25+/m1/s1. The number of rotatable bonds is 8. The molecule has 1 unspecified atom stereocenters. The minimum atomic E-state index is -1.98. The minimum absolute atomic E-state index is 0.175. The molecule has 2 aromatic rings. The number of amidine groups is 1. The van der Waals surface area contributed by atoms with E-state index < -0.39 is 34.2 Å². The Morgan fingerprint density at radius 3 is 2.39 bits per heavy atom. The van der Waals surface area contributed by atoms with E-state index in [2.05, 4.69) is 60.8 Å². The molecule has 3 atom stereocenters. The zero-order valence-corrected chi connectivity index (χ0v) is 25.5. The number of carboxylic acids is 1. The number of nitrogens with two attached hydrogens (primary N) is 1. The smallest absolute Gasteiger partial charge is 0.352 e. The summed E-state index contributed by atoms with van der Waals surface area (Å²) >= 11 is 5.65. The lowest BCUT2D eigenvalue weighted by Crippen LogP contribution is -2.75. The molecular formula is C25H25I2N5O5S. The van der Waals surface area contributed by atoms with E-state index in [0.29, 0.717) is 11.1 Å². The third-order valence-electron chi connectivity index (χ3n) is 6.43. The fourth-order valence-corrected chi connectivity index (χ4v) is 8.21. The number of benzene rings is 2. The van der Waals surface area contributed by atoms with Crippen molar-refractivity contribution in [2.45, 2.75) is 42.1 Å². The molecule has 0 aromatic heterocycles. The maximum absolute atomic E-state index is 13.7. The van der Waals surface area contributed by atoms with Crippen LogP contribution in [0.15, 0.2) is 53.5 Å². The lowest BCUT2D eigenvalue weighted by atomic mass is 9.89. The van der Waals surface area contributed by atoms with Crippen LogP contribution in [0.1, 0.15) is 37.4 Å². The molecule has 2 aliphatic heterocycles. The number of aliphatic imine (C=N–C) groups is 1. The number of nitrogens with one attached hydrogen (secondary N) is 2. The molecule has 200 valence electrons. The molecule has 10 nitrogen and oxygen atoms in total. The lowest BCUT2D eigenvalue weighted by molar-refractivity contribution is -0.173. The molecule has 0 aliphatic carbocycles. The van der Waals surface area contributed by atoms with Gasteiger partial charge in [-0.1, -0.05) is 30.3 Å². The van der Waals surface area contributed by atoms with E-state index >= 15 is 0 Å². The van der Waals surface area contributed by atoms with Crippen molar-refractivity contribution in [3.05, 3.63) is 66.8 Å². The van der Waals surface area contributed by atoms with E-state index in [1.807, 2.05) is 18.2 Å². The summed E-state index contributed by atoms with van der Waals surface area (Å²) in [4.78, 5) is 57.0. The monoisotopic (exact) mass is 761 g/mol. The second-order valence-electron chi connectivity index (χ2n) is 9.33. The van der Waals surface area contributed by atoms with Crippen LogP contribution in [0.25, 0.3) is 0 Å². The quantitative estimate of drug-likeness (QED) is 0.140. The van der Waals surface area contributed by atoms with E-state index in [9.17, 15) is 24.3 Å². The Kier molecular flexibility index (Phi) is 8.28. The van der Waals surface area contributed by atoms with E-state index in [4.69, 9.17) is 5.73 Å². The number of carboxylic acid groups (broad SMARTS) is 1. The third kappa shape index (κ3) is 5.36. The van der Waals surface area contributed by atoms with Crippen molar-refractivity contribution in [3.8, 4) is 0 Å². The van der Waals surface area contributed by atoms with Crippen LogP contribution in [0.4, 0.5) is 0 Å². The van der Waals surface area contributed by atoms with Crippen LogP contribution in [-0.4, -0.2) is 61.9 Å². The summed E-state index contributed by atoms with van der Waals surface area (Å²) in [6.07, 6.45) is 0.205. The third-order valence-corrected chi connectivity index (χ3v) is 9.21. The molecule has 0 saturated carbocycles. The Labute approximate surface area is 250 Å². The fourth-order valence-electron chi connectivity index (χ4n) is 4.58. The number of fused-ring (bicyclic) bond motifs is 1. The number of β-lactam (4-membered cyclic amide) rings is 1. The zero-order chi connectivity index (χ0) is 27.8. The van der Waals surface area contributed by atoms with Gasteiger partial charge in [0.05, 0.1) is 16.5 Å². The minimum Gasteiger partial charge on any atom is -0.478 e. The van der Waals surface area contributed by atoms with Gasteiger partial charge in [-0.15, -0.1) is 11.8 Å². The molecule has 2 aromatic carbocycles. The molecule has 0 radical (unpaired) electrons. The van der Waals surface area contributed by atoms with E-state index in [-0.39, 0.29) is 30.1 Å². The van der Waals surface area contributed by atoms with Crippen LogP contribution < -0.4 is 16.4 Å². The second-order valence-corrected chi connectivity index (χ2v) is 13.6. The molecule has 5 N–H and O–H groups in total. The van der Waals surface area contributed by atoms with Crippen LogP contribution in [0.3, 0.4) is 0 Å². The first-order valence-electron chi connectivity index (χ1n) is 11.5. The van der Waals surface area contributed by atoms with Crippen LogP contribution in [0, 0.1) is 7.14 Å². The summed E-state index contributed by atoms with van der Waals surface area (Å²) < 4.78 is 0.910. The Morgan fingerprint density at radius 1 is 1.18 bits per heavy atom. The predicted octanol–water partition coefficient (Wildman–Crippen LogP) is 2.44. The van der Waals surface area contributed by atoms with E-state index in [0.717, 1.165) is 7.14 Å². The summed E-state index contributed by atoms with van der Waals surface area (Å²) in [5.74, 6) is -2.87. The Hall–Kier alpha value is -2.40. The van der Waals surface area contributed by atoms with Gasteiger partial charge in [0.1, 0.15) is 18.4 Å². The van der Waals surface area contributed by atoms with Gasteiger partial charge in [0.15, 0.2) is 0 Å². The van der Waals surface area contributed by atoms with Crippen molar-refractivity contribution >= 4 is 86.5 Å². The first-order chi connectivity index (χ1) is 17.9. The van der Waals surface area contributed by atoms with Gasteiger partial charge in [-0.05, 0) is 82.8 Å². The molecule has 4 rings (SSSR count). The normalized spacial score (nSPS) is 22.7. The number of halogens is 2. The van der Waals surface area contributed by atoms with Crippen molar-refractivity contribution in [1.82, 2.24) is 15.5 Å². The molecule has 38 heavy (non-hydrogen) atoms. The van der Waals surface area contributed by atoms with Gasteiger partial charge >= 0.3 is 5.97 Å². The van der Waals surface area contributed by atoms with Gasteiger partial charge in [-0.25, -0.2) is 4.79 Å². The van der Waals surface area contributed by atoms with Gasteiger partial charge in [-0.3, -0.25) is 24.3 Å². The van der Waals surface area contributed by atoms with Crippen molar-refractivity contribution < 1.29 is 24.3 Å². The second kappa shape index (κ2) is 11.0. The molecule has 0 spiro atoms. The highest BCUT2D eigenvalue weighted by Gasteiger charge is 2.70. The average molecular weight is 761 g/mol. The maximum atomic E-state index is 13.7. The van der Waals surface area contributed by atoms with E-state index in [1.165, 1.54) is 16.7 Å². The molecule has 13 heteroatoms. The largest absolute Gasteiger partial charge is 0.478 e. The van der Waals surface area contributed by atoms with Crippen molar-refractivity contribution in [3.63, 3.8) is 0 Å². The first kappa shape index (κ1) is 28.6. The van der Waals surface area contributed by atoms with Crippen LogP contribution in [-0.2, 0) is 19.2 Å². The highest BCUT2D eigenvalue weighted by molar-refractivity contribution is 14.1. The molecule has 2 saturated heterocycles. The Bertz CT molecular complexity index is 1320. The zero-order valence-electron chi connectivity index (χ0n) is 20.4. The van der Waals surface area contributed by atoms with Crippen molar-refractivity contribution in [2.24, 2.45) is 10.7 Å². The molecule has 2 fully saturated rings. The Morgan fingerprint density at radius 2 is 1.82 bits per heavy atom. The topological polar surface area (TPSA) is 154 Å². The highest BCUT2D eigenvalue weighted by Crippen LogP contribution is 2.55. The highest BCUT2D eigenvalue weighted by atomic mass is 127. The molecule has 0 bridgehead atoms. The van der Waals surface area contributed by atoms with Gasteiger partial charge in [-0.2, -0.15) is 0 Å². The lowest BCUT2D eigenvalue weighted by Gasteiger charge is -2.46. The van der Waals surface area contributed by atoms with Crippen molar-refractivity contribution in [2.75, 3.05) is 6.54 Å². The number of aliphatic carboxylic acids is 1. The number of nitrogens with zero attached hydrogens (tertiary/aromatic N) is 2.